The second kappa shape index (κ2) is 7.69. The minimum Gasteiger partial charge on any atom is -0.335 e. The lowest BCUT2D eigenvalue weighted by atomic mass is 10.0. The first-order chi connectivity index (χ1) is 11.2. The Labute approximate surface area is 142 Å². The summed E-state index contributed by atoms with van der Waals surface area (Å²) in [5, 5.41) is 0. The zero-order valence-corrected chi connectivity index (χ0v) is 14.4. The molecule has 3 rings (SSSR count). The quantitative estimate of drug-likeness (QED) is 0.801. The minimum absolute atomic E-state index is 0.267. The van der Waals surface area contributed by atoms with E-state index in [1.807, 2.05) is 6.07 Å². The zero-order valence-electron chi connectivity index (χ0n) is 13.6. The molecule has 1 aliphatic rings. The Hall–Kier alpha value is -1.74. The third-order valence-electron chi connectivity index (χ3n) is 4.37. The fourth-order valence-corrected chi connectivity index (χ4v) is 3.98. The molecule has 0 N–H and O–H groups in total. The van der Waals surface area contributed by atoms with E-state index >= 15 is 0 Å². The molecule has 0 bridgehead atoms. The molecule has 0 saturated carbocycles. The fourth-order valence-electron chi connectivity index (χ4n) is 3.11. The van der Waals surface area contributed by atoms with Crippen LogP contribution in [0.5, 0.6) is 0 Å². The molecule has 1 saturated heterocycles. The molecule has 1 aliphatic heterocycles. The molecular formula is C20H23NOS. The number of carbonyl (C=O) groups excluding carboxylic acids is 1. The van der Waals surface area contributed by atoms with Crippen molar-refractivity contribution in [3.8, 4) is 0 Å². The summed E-state index contributed by atoms with van der Waals surface area (Å²) >= 11 is 1.71. The van der Waals surface area contributed by atoms with Gasteiger partial charge in [0.1, 0.15) is 0 Å². The summed E-state index contributed by atoms with van der Waals surface area (Å²) in [5.41, 5.74) is 3.83. The van der Waals surface area contributed by atoms with E-state index in [0.29, 0.717) is 5.75 Å². The van der Waals surface area contributed by atoms with Gasteiger partial charge < -0.3 is 4.90 Å². The van der Waals surface area contributed by atoms with Crippen LogP contribution < -0.4 is 0 Å². The maximum atomic E-state index is 12.6. The number of thioether (sulfide) groups is 1. The molecule has 1 fully saturated rings. The van der Waals surface area contributed by atoms with Gasteiger partial charge in [0.2, 0.25) is 5.91 Å². The molecule has 23 heavy (non-hydrogen) atoms. The Bertz CT molecular complexity index is 638. The number of amides is 1. The van der Waals surface area contributed by atoms with E-state index in [2.05, 4.69) is 60.4 Å². The van der Waals surface area contributed by atoms with Crippen LogP contribution in [-0.4, -0.2) is 23.1 Å². The summed E-state index contributed by atoms with van der Waals surface area (Å²) in [5.74, 6) is 1.74. The molecule has 2 nitrogen and oxygen atoms in total. The van der Waals surface area contributed by atoms with Crippen LogP contribution in [0.1, 0.15) is 35.6 Å². The fraction of sp³-hybridized carbons (Fsp3) is 0.350. The number of aryl methyl sites for hydroxylation is 1. The van der Waals surface area contributed by atoms with E-state index in [1.54, 1.807) is 11.8 Å². The summed E-state index contributed by atoms with van der Waals surface area (Å²) in [6.07, 6.45) is 2.19. The molecule has 0 aliphatic carbocycles. The second-order valence-corrected chi connectivity index (χ2v) is 7.12. The Morgan fingerprint density at radius 3 is 2.61 bits per heavy atom. The average molecular weight is 325 g/mol. The monoisotopic (exact) mass is 325 g/mol. The molecule has 0 spiro atoms. The molecule has 2 aromatic carbocycles. The highest BCUT2D eigenvalue weighted by molar-refractivity contribution is 7.99. The topological polar surface area (TPSA) is 20.3 Å². The normalized spacial score (nSPS) is 17.4. The van der Waals surface area contributed by atoms with Crippen LogP contribution in [0.2, 0.25) is 0 Å². The van der Waals surface area contributed by atoms with Gasteiger partial charge in [0.05, 0.1) is 11.8 Å². The molecule has 0 aromatic heterocycles. The van der Waals surface area contributed by atoms with E-state index in [1.165, 1.54) is 16.7 Å². The van der Waals surface area contributed by atoms with Crippen LogP contribution in [0.25, 0.3) is 0 Å². The molecule has 0 radical (unpaired) electrons. The Morgan fingerprint density at radius 2 is 1.87 bits per heavy atom. The zero-order chi connectivity index (χ0) is 16.1. The molecule has 1 heterocycles. The van der Waals surface area contributed by atoms with Crippen LogP contribution in [0.15, 0.2) is 54.6 Å². The molecule has 1 amide bonds. The van der Waals surface area contributed by atoms with Crippen molar-refractivity contribution in [1.29, 1.82) is 0 Å². The second-order valence-electron chi connectivity index (χ2n) is 6.13. The number of likely N-dealkylation sites (tertiary alicyclic amines) is 1. The van der Waals surface area contributed by atoms with Gasteiger partial charge >= 0.3 is 0 Å². The van der Waals surface area contributed by atoms with E-state index < -0.39 is 0 Å². The van der Waals surface area contributed by atoms with Crippen LogP contribution >= 0.6 is 11.8 Å². The van der Waals surface area contributed by atoms with Crippen molar-refractivity contribution in [2.45, 2.75) is 31.6 Å². The highest BCUT2D eigenvalue weighted by atomic mass is 32.2. The standard InChI is InChI=1S/C20H23NOS/c1-16-9-11-17(12-10-16)14-23-15-20(22)21-13-5-8-19(21)18-6-3-2-4-7-18/h2-4,6-7,9-12,19H,5,8,13-15H2,1H3. The van der Waals surface area contributed by atoms with E-state index in [0.717, 1.165) is 25.1 Å². The lowest BCUT2D eigenvalue weighted by Crippen LogP contribution is -2.32. The minimum atomic E-state index is 0.267. The van der Waals surface area contributed by atoms with Crippen molar-refractivity contribution in [2.24, 2.45) is 0 Å². The third kappa shape index (κ3) is 4.17. The highest BCUT2D eigenvalue weighted by Gasteiger charge is 2.29. The van der Waals surface area contributed by atoms with Gasteiger partial charge in [-0.1, -0.05) is 60.2 Å². The van der Waals surface area contributed by atoms with Gasteiger partial charge in [-0.15, -0.1) is 11.8 Å². The van der Waals surface area contributed by atoms with Crippen molar-refractivity contribution >= 4 is 17.7 Å². The van der Waals surface area contributed by atoms with E-state index in [4.69, 9.17) is 0 Å². The average Bonchev–Trinajstić information content (AvgIpc) is 3.07. The van der Waals surface area contributed by atoms with E-state index in [-0.39, 0.29) is 11.9 Å². The number of hydrogen-bond donors (Lipinski definition) is 0. The first-order valence-electron chi connectivity index (χ1n) is 8.22. The molecule has 120 valence electrons. The molecule has 1 unspecified atom stereocenters. The summed E-state index contributed by atoms with van der Waals surface area (Å²) in [4.78, 5) is 14.6. The predicted molar refractivity (Wildman–Crippen MR) is 97.5 cm³/mol. The Balaban J connectivity index is 1.54. The molecule has 3 heteroatoms. The predicted octanol–water partition coefficient (Wildman–Crippen LogP) is 4.59. The largest absolute Gasteiger partial charge is 0.335 e. The van der Waals surface area contributed by atoms with Gasteiger partial charge in [0.15, 0.2) is 0 Å². The SMILES string of the molecule is Cc1ccc(CSCC(=O)N2CCCC2c2ccccc2)cc1. The number of carbonyl (C=O) groups is 1. The lowest BCUT2D eigenvalue weighted by molar-refractivity contribution is -0.129. The van der Waals surface area contributed by atoms with E-state index in [9.17, 15) is 4.79 Å². The summed E-state index contributed by atoms with van der Waals surface area (Å²) < 4.78 is 0. The smallest absolute Gasteiger partial charge is 0.233 e. The Morgan fingerprint density at radius 1 is 1.13 bits per heavy atom. The van der Waals surface area contributed by atoms with Crippen molar-refractivity contribution in [1.82, 2.24) is 4.90 Å². The summed E-state index contributed by atoms with van der Waals surface area (Å²) in [6, 6.07) is 19.2. The number of rotatable bonds is 5. The van der Waals surface area contributed by atoms with Crippen molar-refractivity contribution < 1.29 is 4.79 Å². The van der Waals surface area contributed by atoms with Gasteiger partial charge in [-0.05, 0) is 30.9 Å². The van der Waals surface area contributed by atoms with Gasteiger partial charge in [0, 0.05) is 12.3 Å². The van der Waals surface area contributed by atoms with Crippen LogP contribution in [0.4, 0.5) is 0 Å². The van der Waals surface area contributed by atoms with Crippen molar-refractivity contribution in [3.05, 3.63) is 71.3 Å². The summed E-state index contributed by atoms with van der Waals surface area (Å²) in [7, 11) is 0. The van der Waals surface area contributed by atoms with Crippen LogP contribution in [0, 0.1) is 6.92 Å². The Kier molecular flexibility index (Phi) is 5.39. The maximum absolute atomic E-state index is 12.6. The lowest BCUT2D eigenvalue weighted by Gasteiger charge is -2.25. The third-order valence-corrected chi connectivity index (χ3v) is 5.36. The highest BCUT2D eigenvalue weighted by Crippen LogP contribution is 2.32. The van der Waals surface area contributed by atoms with Gasteiger partial charge in [-0.2, -0.15) is 0 Å². The van der Waals surface area contributed by atoms with Crippen LogP contribution in [-0.2, 0) is 10.5 Å². The van der Waals surface area contributed by atoms with Crippen molar-refractivity contribution in [3.63, 3.8) is 0 Å². The van der Waals surface area contributed by atoms with Gasteiger partial charge in [0.25, 0.3) is 0 Å². The summed E-state index contributed by atoms with van der Waals surface area (Å²) in [6.45, 7) is 2.99. The first-order valence-corrected chi connectivity index (χ1v) is 9.37. The molecule has 2 aromatic rings. The number of benzene rings is 2. The van der Waals surface area contributed by atoms with Gasteiger partial charge in [-0.25, -0.2) is 0 Å². The molecule has 1 atom stereocenters. The van der Waals surface area contributed by atoms with Gasteiger partial charge in [-0.3, -0.25) is 4.79 Å². The van der Waals surface area contributed by atoms with Crippen molar-refractivity contribution in [2.75, 3.05) is 12.3 Å². The van der Waals surface area contributed by atoms with Crippen LogP contribution in [0.3, 0.4) is 0 Å². The first kappa shape index (κ1) is 16.1. The number of nitrogens with zero attached hydrogens (tertiary/aromatic N) is 1. The maximum Gasteiger partial charge on any atom is 0.233 e. The number of hydrogen-bond acceptors (Lipinski definition) is 2. The molecular weight excluding hydrogens is 302 g/mol.